The van der Waals surface area contributed by atoms with Gasteiger partial charge in [-0.2, -0.15) is 4.98 Å². The molecule has 2 aromatic carbocycles. The molecular weight excluding hydrogens is 384 g/mol. The van der Waals surface area contributed by atoms with E-state index in [1.165, 1.54) is 11.8 Å². The summed E-state index contributed by atoms with van der Waals surface area (Å²) < 4.78 is 5.31. The van der Waals surface area contributed by atoms with Gasteiger partial charge in [-0.3, -0.25) is 0 Å². The lowest BCUT2D eigenvalue weighted by molar-refractivity contribution is 0.391. The van der Waals surface area contributed by atoms with Gasteiger partial charge in [-0.15, -0.1) is 10.2 Å². The van der Waals surface area contributed by atoms with Crippen molar-refractivity contribution in [1.82, 2.24) is 30.3 Å². The zero-order valence-corrected chi connectivity index (χ0v) is 15.3. The Morgan fingerprint density at radius 1 is 1.00 bits per heavy atom. The Kier molecular flexibility index (Phi) is 3.99. The maximum atomic E-state index is 5.90. The van der Waals surface area contributed by atoms with Crippen molar-refractivity contribution in [2.45, 2.75) is 10.9 Å². The summed E-state index contributed by atoms with van der Waals surface area (Å²) in [7, 11) is 0. The van der Waals surface area contributed by atoms with Crippen LogP contribution < -0.4 is 0 Å². The molecule has 5 aromatic rings. The van der Waals surface area contributed by atoms with Crippen LogP contribution in [0.25, 0.3) is 33.5 Å². The number of thioether (sulfide) groups is 1. The minimum Gasteiger partial charge on any atom is -0.338 e. The number of nitrogens with zero attached hydrogens (tertiary/aromatic N) is 5. The second kappa shape index (κ2) is 6.64. The number of fused-ring (bicyclic) bond motifs is 3. The number of para-hydroxylation sites is 1. The quantitative estimate of drug-likeness (QED) is 0.448. The molecule has 0 aliphatic rings. The predicted molar refractivity (Wildman–Crippen MR) is 103 cm³/mol. The molecule has 0 aliphatic carbocycles. The first-order chi connectivity index (χ1) is 13.3. The molecule has 0 saturated carbocycles. The van der Waals surface area contributed by atoms with E-state index in [1.807, 2.05) is 36.4 Å². The molecule has 3 aromatic heterocycles. The topological polar surface area (TPSA) is 93.4 Å². The van der Waals surface area contributed by atoms with Gasteiger partial charge in [0.2, 0.25) is 16.9 Å². The number of aromatic amines is 1. The molecule has 7 nitrogen and oxygen atoms in total. The molecule has 0 fully saturated rings. The molecule has 1 N–H and O–H groups in total. The first kappa shape index (κ1) is 16.2. The van der Waals surface area contributed by atoms with E-state index >= 15 is 0 Å². The van der Waals surface area contributed by atoms with E-state index in [9.17, 15) is 0 Å². The highest BCUT2D eigenvalue weighted by atomic mass is 35.5. The lowest BCUT2D eigenvalue weighted by atomic mass is 10.2. The normalized spacial score (nSPS) is 11.4. The van der Waals surface area contributed by atoms with Gasteiger partial charge >= 0.3 is 0 Å². The van der Waals surface area contributed by atoms with Crippen molar-refractivity contribution in [1.29, 1.82) is 0 Å². The first-order valence-corrected chi connectivity index (χ1v) is 9.45. The van der Waals surface area contributed by atoms with E-state index < -0.39 is 0 Å². The first-order valence-electron chi connectivity index (χ1n) is 8.09. The van der Waals surface area contributed by atoms with Crippen molar-refractivity contribution in [2.24, 2.45) is 0 Å². The highest BCUT2D eigenvalue weighted by molar-refractivity contribution is 7.98. The molecule has 3 heterocycles. The Morgan fingerprint density at radius 2 is 1.85 bits per heavy atom. The van der Waals surface area contributed by atoms with Gasteiger partial charge in [-0.25, -0.2) is 4.98 Å². The van der Waals surface area contributed by atoms with Crippen LogP contribution in [0.1, 0.15) is 5.89 Å². The Morgan fingerprint density at radius 3 is 2.74 bits per heavy atom. The van der Waals surface area contributed by atoms with Crippen molar-refractivity contribution in [3.8, 4) is 11.4 Å². The largest absolute Gasteiger partial charge is 0.338 e. The van der Waals surface area contributed by atoms with Gasteiger partial charge in [0.25, 0.3) is 0 Å². The lowest BCUT2D eigenvalue weighted by Gasteiger charge is -1.96. The van der Waals surface area contributed by atoms with Crippen LogP contribution in [0, 0.1) is 0 Å². The van der Waals surface area contributed by atoms with Crippen molar-refractivity contribution in [3.63, 3.8) is 0 Å². The summed E-state index contributed by atoms with van der Waals surface area (Å²) in [5, 5.41) is 14.7. The highest BCUT2D eigenvalue weighted by Gasteiger charge is 2.12. The van der Waals surface area contributed by atoms with Gasteiger partial charge in [0, 0.05) is 21.5 Å². The van der Waals surface area contributed by atoms with Crippen molar-refractivity contribution >= 4 is 45.4 Å². The molecule has 0 radical (unpaired) electrons. The Hall–Kier alpha value is -2.97. The van der Waals surface area contributed by atoms with Gasteiger partial charge in [-0.05, 0) is 30.3 Å². The van der Waals surface area contributed by atoms with Gasteiger partial charge in [0.15, 0.2) is 5.65 Å². The molecule has 0 bridgehead atoms. The average Bonchev–Trinajstić information content (AvgIpc) is 3.31. The molecule has 0 unspecified atom stereocenters. The van der Waals surface area contributed by atoms with Crippen LogP contribution in [-0.4, -0.2) is 30.3 Å². The molecule has 0 atom stereocenters. The standard InChI is InChI=1S/C18H11ClN6OS/c19-11-7-5-10(6-8-11)16-21-14(26-25-16)9-27-18-22-17-15(23-24-18)12-3-1-2-4-13(12)20-17/h1-8H,9H2,(H,20,22,24). The van der Waals surface area contributed by atoms with E-state index in [0.29, 0.717) is 33.3 Å². The van der Waals surface area contributed by atoms with Crippen molar-refractivity contribution in [3.05, 3.63) is 59.4 Å². The summed E-state index contributed by atoms with van der Waals surface area (Å²) in [6, 6.07) is 15.2. The summed E-state index contributed by atoms with van der Waals surface area (Å²) in [6.45, 7) is 0. The van der Waals surface area contributed by atoms with E-state index in [-0.39, 0.29) is 0 Å². The smallest absolute Gasteiger partial charge is 0.237 e. The second-order valence-corrected chi connectivity index (χ2v) is 7.15. The van der Waals surface area contributed by atoms with E-state index in [0.717, 1.165) is 22.0 Å². The van der Waals surface area contributed by atoms with Gasteiger partial charge in [0.05, 0.1) is 5.75 Å². The maximum Gasteiger partial charge on any atom is 0.237 e. The number of H-pyrrole nitrogens is 1. The zero-order chi connectivity index (χ0) is 18.2. The number of aromatic nitrogens is 6. The average molecular weight is 395 g/mol. The molecule has 0 spiro atoms. The van der Waals surface area contributed by atoms with Crippen molar-refractivity contribution < 1.29 is 4.52 Å². The van der Waals surface area contributed by atoms with Crippen LogP contribution >= 0.6 is 23.4 Å². The van der Waals surface area contributed by atoms with Crippen molar-refractivity contribution in [2.75, 3.05) is 0 Å². The number of rotatable bonds is 4. The maximum absolute atomic E-state index is 5.90. The number of halogens is 1. The summed E-state index contributed by atoms with van der Waals surface area (Å²) in [5.74, 6) is 1.46. The van der Waals surface area contributed by atoms with Crippen LogP contribution in [0.4, 0.5) is 0 Å². The zero-order valence-electron chi connectivity index (χ0n) is 13.8. The van der Waals surface area contributed by atoms with Crippen LogP contribution in [0.15, 0.2) is 58.2 Å². The van der Waals surface area contributed by atoms with E-state index in [4.69, 9.17) is 16.1 Å². The molecule has 5 rings (SSSR count). The molecule has 0 amide bonds. The SMILES string of the molecule is Clc1ccc(-c2noc(CSc3nnc4c(n3)[nH]c3ccccc34)n2)cc1. The van der Waals surface area contributed by atoms with E-state index in [2.05, 4.69) is 30.3 Å². The Bertz CT molecular complexity index is 1250. The third kappa shape index (κ3) is 3.13. The predicted octanol–water partition coefficient (Wildman–Crippen LogP) is 4.50. The summed E-state index contributed by atoms with van der Waals surface area (Å²) >= 11 is 7.29. The Balaban J connectivity index is 1.35. The van der Waals surface area contributed by atoms with Crippen LogP contribution in [-0.2, 0) is 5.75 Å². The number of nitrogens with one attached hydrogen (secondary N) is 1. The van der Waals surface area contributed by atoms with Crippen LogP contribution in [0.2, 0.25) is 5.02 Å². The third-order valence-corrected chi connectivity index (χ3v) is 5.07. The molecule has 0 saturated heterocycles. The summed E-state index contributed by atoms with van der Waals surface area (Å²) in [4.78, 5) is 12.2. The van der Waals surface area contributed by atoms with E-state index in [1.54, 1.807) is 12.1 Å². The van der Waals surface area contributed by atoms with Gasteiger partial charge < -0.3 is 9.51 Å². The molecule has 0 aliphatic heterocycles. The minimum absolute atomic E-state index is 0.452. The Labute approximate surface area is 162 Å². The fraction of sp³-hybridized carbons (Fsp3) is 0.0556. The van der Waals surface area contributed by atoms with Crippen LogP contribution in [0.3, 0.4) is 0 Å². The summed E-state index contributed by atoms with van der Waals surface area (Å²) in [5.41, 5.74) is 3.30. The van der Waals surface area contributed by atoms with Crippen LogP contribution in [0.5, 0.6) is 0 Å². The number of hydrogen-bond donors (Lipinski definition) is 1. The summed E-state index contributed by atoms with van der Waals surface area (Å²) in [6.07, 6.45) is 0. The third-order valence-electron chi connectivity index (χ3n) is 4.00. The molecule has 27 heavy (non-hydrogen) atoms. The van der Waals surface area contributed by atoms with Gasteiger partial charge in [-0.1, -0.05) is 46.7 Å². The second-order valence-electron chi connectivity index (χ2n) is 5.77. The molecule has 9 heteroatoms. The van der Waals surface area contributed by atoms with Gasteiger partial charge in [0.1, 0.15) is 5.52 Å². The number of benzene rings is 2. The fourth-order valence-corrected chi connectivity index (χ4v) is 3.47. The molecular formula is C18H11ClN6OS. The fourth-order valence-electron chi connectivity index (χ4n) is 2.72. The molecule has 132 valence electrons. The number of hydrogen-bond acceptors (Lipinski definition) is 7. The highest BCUT2D eigenvalue weighted by Crippen LogP contribution is 2.25. The lowest BCUT2D eigenvalue weighted by Crippen LogP contribution is -1.92. The minimum atomic E-state index is 0.452. The monoisotopic (exact) mass is 394 g/mol.